The van der Waals surface area contributed by atoms with Crippen molar-refractivity contribution in [2.75, 3.05) is 23.4 Å². The molecule has 1 atom stereocenters. The van der Waals surface area contributed by atoms with Crippen molar-refractivity contribution in [1.82, 2.24) is 0 Å². The zero-order valence-electron chi connectivity index (χ0n) is 15.3. The van der Waals surface area contributed by atoms with E-state index >= 15 is 0 Å². The number of benzene rings is 2. The van der Waals surface area contributed by atoms with Crippen LogP contribution in [0.2, 0.25) is 0 Å². The summed E-state index contributed by atoms with van der Waals surface area (Å²) in [6, 6.07) is 12.4. The van der Waals surface area contributed by atoms with Crippen LogP contribution in [0.3, 0.4) is 0 Å². The lowest BCUT2D eigenvalue weighted by Crippen LogP contribution is -2.28. The Hall–Kier alpha value is -2.87. The Morgan fingerprint density at radius 3 is 2.57 bits per heavy atom. The van der Waals surface area contributed by atoms with Crippen LogP contribution in [-0.4, -0.2) is 30.9 Å². The number of carbonyl (C=O) groups excluding carboxylic acids is 3. The maximum absolute atomic E-state index is 12.1. The molecule has 146 valence electrons. The fourth-order valence-corrected chi connectivity index (χ4v) is 3.45. The van der Waals surface area contributed by atoms with Gasteiger partial charge in [-0.3, -0.25) is 14.4 Å². The molecular formula is C20H20BrN3O4. The molecule has 28 heavy (non-hydrogen) atoms. The summed E-state index contributed by atoms with van der Waals surface area (Å²) in [5, 5.41) is 2.80. The fraction of sp³-hybridized carbons (Fsp3) is 0.250. The first-order valence-electron chi connectivity index (χ1n) is 8.72. The van der Waals surface area contributed by atoms with Crippen molar-refractivity contribution < 1.29 is 19.1 Å². The van der Waals surface area contributed by atoms with Crippen molar-refractivity contribution in [3.05, 3.63) is 52.5 Å². The van der Waals surface area contributed by atoms with E-state index in [0.29, 0.717) is 11.4 Å². The molecule has 0 spiro atoms. The second-order valence-electron chi connectivity index (χ2n) is 6.60. The number of carbonyl (C=O) groups is 3. The molecule has 1 aliphatic rings. The molecule has 0 bridgehead atoms. The largest absolute Gasteiger partial charge is 0.484 e. The zero-order valence-corrected chi connectivity index (χ0v) is 16.9. The van der Waals surface area contributed by atoms with Crippen molar-refractivity contribution in [1.29, 1.82) is 0 Å². The van der Waals surface area contributed by atoms with Gasteiger partial charge < -0.3 is 20.7 Å². The highest BCUT2D eigenvalue weighted by atomic mass is 79.9. The van der Waals surface area contributed by atoms with E-state index in [9.17, 15) is 14.4 Å². The third kappa shape index (κ3) is 4.69. The van der Waals surface area contributed by atoms with E-state index in [1.165, 1.54) is 4.90 Å². The van der Waals surface area contributed by atoms with Gasteiger partial charge >= 0.3 is 0 Å². The summed E-state index contributed by atoms with van der Waals surface area (Å²) in [6.07, 6.45) is 0.128. The Morgan fingerprint density at radius 1 is 1.25 bits per heavy atom. The van der Waals surface area contributed by atoms with E-state index in [1.807, 2.05) is 25.1 Å². The van der Waals surface area contributed by atoms with Gasteiger partial charge in [-0.15, -0.1) is 0 Å². The summed E-state index contributed by atoms with van der Waals surface area (Å²) in [4.78, 5) is 36.9. The quantitative estimate of drug-likeness (QED) is 0.712. The average Bonchev–Trinajstić information content (AvgIpc) is 3.05. The van der Waals surface area contributed by atoms with Gasteiger partial charge in [-0.05, 0) is 55.0 Å². The summed E-state index contributed by atoms with van der Waals surface area (Å²) in [5.41, 5.74) is 7.62. The zero-order chi connectivity index (χ0) is 20.3. The highest BCUT2D eigenvalue weighted by Crippen LogP contribution is 2.27. The minimum absolute atomic E-state index is 0.128. The normalized spacial score (nSPS) is 16.1. The first kappa shape index (κ1) is 19.9. The van der Waals surface area contributed by atoms with Gasteiger partial charge in [0.2, 0.25) is 11.8 Å². The molecule has 0 radical (unpaired) electrons. The minimum atomic E-state index is -0.470. The van der Waals surface area contributed by atoms with Gasteiger partial charge in [0, 0.05) is 28.8 Å². The van der Waals surface area contributed by atoms with Gasteiger partial charge in [-0.1, -0.05) is 15.9 Å². The summed E-state index contributed by atoms with van der Waals surface area (Å²) < 4.78 is 6.45. The van der Waals surface area contributed by atoms with Gasteiger partial charge in [0.25, 0.3) is 5.91 Å². The lowest BCUT2D eigenvalue weighted by Gasteiger charge is -2.16. The van der Waals surface area contributed by atoms with E-state index < -0.39 is 11.8 Å². The topological polar surface area (TPSA) is 102 Å². The maximum atomic E-state index is 12.1. The Kier molecular flexibility index (Phi) is 5.99. The molecule has 2 aromatic carbocycles. The highest BCUT2D eigenvalue weighted by Gasteiger charge is 2.33. The third-order valence-corrected chi connectivity index (χ3v) is 5.00. The van der Waals surface area contributed by atoms with E-state index in [1.54, 1.807) is 24.3 Å². The predicted molar refractivity (Wildman–Crippen MR) is 109 cm³/mol. The summed E-state index contributed by atoms with van der Waals surface area (Å²) in [6.45, 7) is 2.05. The van der Waals surface area contributed by atoms with E-state index in [4.69, 9.17) is 10.5 Å². The number of nitrogens with one attached hydrogen (secondary N) is 1. The number of aryl methyl sites for hydroxylation is 1. The smallest absolute Gasteiger partial charge is 0.262 e. The van der Waals surface area contributed by atoms with Crippen molar-refractivity contribution >= 4 is 45.0 Å². The molecule has 0 aromatic heterocycles. The van der Waals surface area contributed by atoms with Crippen molar-refractivity contribution in [2.24, 2.45) is 11.7 Å². The van der Waals surface area contributed by atoms with Crippen LogP contribution in [-0.2, 0) is 14.4 Å². The SMILES string of the molecule is Cc1cc(Br)ccc1NC(=O)COc1ccc(N2C[C@@H](C(N)=O)CC2=O)cc1. The third-order valence-electron chi connectivity index (χ3n) is 4.51. The Morgan fingerprint density at radius 2 is 1.96 bits per heavy atom. The van der Waals surface area contributed by atoms with Crippen LogP contribution in [0.5, 0.6) is 5.75 Å². The van der Waals surface area contributed by atoms with Crippen LogP contribution in [0.4, 0.5) is 11.4 Å². The number of primary amides is 1. The first-order valence-corrected chi connectivity index (χ1v) is 9.51. The van der Waals surface area contributed by atoms with Crippen molar-refractivity contribution in [3.63, 3.8) is 0 Å². The van der Waals surface area contributed by atoms with Crippen LogP contribution in [0.15, 0.2) is 46.9 Å². The number of anilines is 2. The van der Waals surface area contributed by atoms with Crippen LogP contribution >= 0.6 is 15.9 Å². The summed E-state index contributed by atoms with van der Waals surface area (Å²) in [5.74, 6) is -0.836. The number of ether oxygens (including phenoxy) is 1. The number of amides is 3. The standard InChI is InChI=1S/C20H20BrN3O4/c1-12-8-14(21)2-7-17(12)23-18(25)11-28-16-5-3-15(4-6-16)24-10-13(20(22)27)9-19(24)26/h2-8,13H,9-11H2,1H3,(H2,22,27)(H,23,25)/t13-/m0/s1. The molecule has 8 heteroatoms. The number of nitrogens with two attached hydrogens (primary N) is 1. The summed E-state index contributed by atoms with van der Waals surface area (Å²) >= 11 is 3.38. The molecule has 1 fully saturated rings. The number of nitrogens with zero attached hydrogens (tertiary/aromatic N) is 1. The summed E-state index contributed by atoms with van der Waals surface area (Å²) in [7, 11) is 0. The minimum Gasteiger partial charge on any atom is -0.484 e. The van der Waals surface area contributed by atoms with Gasteiger partial charge in [0.05, 0.1) is 5.92 Å². The number of hydrogen-bond donors (Lipinski definition) is 2. The molecule has 3 N–H and O–H groups in total. The lowest BCUT2D eigenvalue weighted by atomic mass is 10.1. The molecule has 1 aliphatic heterocycles. The molecule has 7 nitrogen and oxygen atoms in total. The Labute approximate surface area is 171 Å². The lowest BCUT2D eigenvalue weighted by molar-refractivity contribution is -0.123. The Balaban J connectivity index is 1.55. The Bertz CT molecular complexity index is 914. The second kappa shape index (κ2) is 8.43. The first-order chi connectivity index (χ1) is 13.3. The molecule has 1 heterocycles. The maximum Gasteiger partial charge on any atom is 0.262 e. The fourth-order valence-electron chi connectivity index (χ4n) is 2.97. The molecular weight excluding hydrogens is 426 g/mol. The average molecular weight is 446 g/mol. The van der Waals surface area contributed by atoms with Crippen molar-refractivity contribution in [3.8, 4) is 5.75 Å². The molecule has 0 saturated carbocycles. The number of halogens is 1. The van der Waals surface area contributed by atoms with E-state index in [0.717, 1.165) is 15.7 Å². The van der Waals surface area contributed by atoms with Crippen LogP contribution in [0.25, 0.3) is 0 Å². The number of rotatable bonds is 6. The van der Waals surface area contributed by atoms with Gasteiger partial charge in [-0.2, -0.15) is 0 Å². The molecule has 3 rings (SSSR count). The molecule has 0 aliphatic carbocycles. The molecule has 2 aromatic rings. The monoisotopic (exact) mass is 445 g/mol. The van der Waals surface area contributed by atoms with Gasteiger partial charge in [0.1, 0.15) is 5.75 Å². The second-order valence-corrected chi connectivity index (χ2v) is 7.51. The van der Waals surface area contributed by atoms with Crippen LogP contribution < -0.4 is 20.7 Å². The molecule has 3 amide bonds. The molecule has 0 unspecified atom stereocenters. The molecule has 1 saturated heterocycles. The highest BCUT2D eigenvalue weighted by molar-refractivity contribution is 9.10. The van der Waals surface area contributed by atoms with E-state index in [-0.39, 0.29) is 31.4 Å². The van der Waals surface area contributed by atoms with E-state index in [2.05, 4.69) is 21.2 Å². The number of hydrogen-bond acceptors (Lipinski definition) is 4. The van der Waals surface area contributed by atoms with Gasteiger partial charge in [-0.25, -0.2) is 0 Å². The predicted octanol–water partition coefficient (Wildman–Crippen LogP) is 2.61. The van der Waals surface area contributed by atoms with Crippen LogP contribution in [0.1, 0.15) is 12.0 Å². The van der Waals surface area contributed by atoms with Gasteiger partial charge in [0.15, 0.2) is 6.61 Å². The van der Waals surface area contributed by atoms with Crippen molar-refractivity contribution in [2.45, 2.75) is 13.3 Å². The van der Waals surface area contributed by atoms with Crippen LogP contribution in [0, 0.1) is 12.8 Å².